The van der Waals surface area contributed by atoms with E-state index in [2.05, 4.69) is 15.3 Å². The van der Waals surface area contributed by atoms with Gasteiger partial charge in [0, 0.05) is 18.5 Å². The molecule has 1 aromatic heterocycles. The number of methoxy groups -OCH3 is 1. The third kappa shape index (κ3) is 2.46. The van der Waals surface area contributed by atoms with Crippen molar-refractivity contribution in [2.45, 2.75) is 31.4 Å². The number of hydrogen-bond donors (Lipinski definition) is 2. The van der Waals surface area contributed by atoms with E-state index in [0.29, 0.717) is 23.9 Å². The minimum Gasteiger partial charge on any atom is -0.383 e. The summed E-state index contributed by atoms with van der Waals surface area (Å²) in [6, 6.07) is 8.14. The standard InChI is InChI=1S/C14H18N4O/c1-19-10-7-6-9(8-10)16-14-17-12-5-3-2-4-11(12)13(15)18-14/h2-5,9-10H,6-8H2,1H3,(H3,15,16,17,18). The normalized spacial score (nSPS) is 22.8. The summed E-state index contributed by atoms with van der Waals surface area (Å²) in [6.07, 6.45) is 3.49. The van der Waals surface area contributed by atoms with Crippen LogP contribution in [0, 0.1) is 0 Å². The number of nitrogens with zero attached hydrogens (tertiary/aromatic N) is 2. The molecular formula is C14H18N4O. The zero-order valence-electron chi connectivity index (χ0n) is 11.0. The number of nitrogens with one attached hydrogen (secondary N) is 1. The fourth-order valence-electron chi connectivity index (χ4n) is 2.63. The van der Waals surface area contributed by atoms with E-state index < -0.39 is 0 Å². The van der Waals surface area contributed by atoms with Gasteiger partial charge in [0.05, 0.1) is 11.6 Å². The predicted molar refractivity (Wildman–Crippen MR) is 76.0 cm³/mol. The predicted octanol–water partition coefficient (Wildman–Crippen LogP) is 2.19. The van der Waals surface area contributed by atoms with Crippen molar-refractivity contribution in [2.24, 2.45) is 0 Å². The Balaban J connectivity index is 1.82. The lowest BCUT2D eigenvalue weighted by molar-refractivity contribution is 0.108. The van der Waals surface area contributed by atoms with Crippen molar-refractivity contribution in [1.29, 1.82) is 0 Å². The molecular weight excluding hydrogens is 240 g/mol. The van der Waals surface area contributed by atoms with Crippen LogP contribution in [-0.2, 0) is 4.74 Å². The van der Waals surface area contributed by atoms with Crippen molar-refractivity contribution < 1.29 is 4.74 Å². The number of hydrogen-bond acceptors (Lipinski definition) is 5. The van der Waals surface area contributed by atoms with Crippen LogP contribution < -0.4 is 11.1 Å². The molecule has 19 heavy (non-hydrogen) atoms. The summed E-state index contributed by atoms with van der Waals surface area (Å²) in [5.41, 5.74) is 6.84. The Morgan fingerprint density at radius 1 is 1.26 bits per heavy atom. The molecule has 5 nitrogen and oxygen atoms in total. The smallest absolute Gasteiger partial charge is 0.225 e. The first-order valence-corrected chi connectivity index (χ1v) is 6.58. The Hall–Kier alpha value is -1.88. The lowest BCUT2D eigenvalue weighted by atomic mass is 10.2. The minimum absolute atomic E-state index is 0.343. The number of ether oxygens (including phenoxy) is 1. The number of nitrogen functional groups attached to an aromatic ring is 1. The van der Waals surface area contributed by atoms with Crippen LogP contribution in [0.3, 0.4) is 0 Å². The molecule has 0 spiro atoms. The zero-order chi connectivity index (χ0) is 13.2. The molecule has 0 bridgehead atoms. The fourth-order valence-corrected chi connectivity index (χ4v) is 2.63. The molecule has 0 amide bonds. The molecule has 1 heterocycles. The highest BCUT2D eigenvalue weighted by Gasteiger charge is 2.24. The van der Waals surface area contributed by atoms with E-state index in [1.54, 1.807) is 7.11 Å². The maximum Gasteiger partial charge on any atom is 0.225 e. The molecule has 1 aliphatic rings. The maximum absolute atomic E-state index is 5.97. The summed E-state index contributed by atoms with van der Waals surface area (Å²) >= 11 is 0. The highest BCUT2D eigenvalue weighted by Crippen LogP contribution is 2.25. The topological polar surface area (TPSA) is 73.1 Å². The monoisotopic (exact) mass is 258 g/mol. The third-order valence-corrected chi connectivity index (χ3v) is 3.68. The molecule has 1 fully saturated rings. The molecule has 100 valence electrons. The third-order valence-electron chi connectivity index (χ3n) is 3.68. The summed E-state index contributed by atoms with van der Waals surface area (Å²) in [5, 5.41) is 4.25. The maximum atomic E-state index is 5.97. The summed E-state index contributed by atoms with van der Waals surface area (Å²) in [6.45, 7) is 0. The van der Waals surface area contributed by atoms with Gasteiger partial charge in [-0.2, -0.15) is 4.98 Å². The first-order chi connectivity index (χ1) is 9.26. The van der Waals surface area contributed by atoms with E-state index in [-0.39, 0.29) is 0 Å². The van der Waals surface area contributed by atoms with Crippen LogP contribution in [0.4, 0.5) is 11.8 Å². The van der Waals surface area contributed by atoms with Crippen LogP contribution in [-0.4, -0.2) is 29.2 Å². The average molecular weight is 258 g/mol. The SMILES string of the molecule is COC1CCC(Nc2nc(N)c3ccccc3n2)C1. The Morgan fingerprint density at radius 2 is 2.11 bits per heavy atom. The molecule has 1 aliphatic carbocycles. The summed E-state index contributed by atoms with van der Waals surface area (Å²) < 4.78 is 5.37. The van der Waals surface area contributed by atoms with E-state index in [9.17, 15) is 0 Å². The molecule has 2 unspecified atom stereocenters. The summed E-state index contributed by atoms with van der Waals surface area (Å²) in [5.74, 6) is 1.13. The Kier molecular flexibility index (Phi) is 3.21. The van der Waals surface area contributed by atoms with Crippen LogP contribution in [0.2, 0.25) is 0 Å². The Labute approximate surface area is 112 Å². The largest absolute Gasteiger partial charge is 0.383 e. The van der Waals surface area contributed by atoms with E-state index in [0.717, 1.165) is 30.2 Å². The van der Waals surface area contributed by atoms with Gasteiger partial charge in [-0.1, -0.05) is 12.1 Å². The first kappa shape index (κ1) is 12.2. The van der Waals surface area contributed by atoms with Gasteiger partial charge in [-0.25, -0.2) is 4.98 Å². The van der Waals surface area contributed by atoms with Gasteiger partial charge in [0.2, 0.25) is 5.95 Å². The second-order valence-corrected chi connectivity index (χ2v) is 4.96. The van der Waals surface area contributed by atoms with Crippen molar-refractivity contribution in [3.05, 3.63) is 24.3 Å². The second kappa shape index (κ2) is 5.01. The molecule has 0 aliphatic heterocycles. The quantitative estimate of drug-likeness (QED) is 0.883. The van der Waals surface area contributed by atoms with E-state index in [1.807, 2.05) is 24.3 Å². The number of rotatable bonds is 3. The molecule has 2 atom stereocenters. The van der Waals surface area contributed by atoms with Gasteiger partial charge in [-0.15, -0.1) is 0 Å². The van der Waals surface area contributed by atoms with Crippen LogP contribution >= 0.6 is 0 Å². The van der Waals surface area contributed by atoms with Crippen molar-refractivity contribution in [1.82, 2.24) is 9.97 Å². The van der Waals surface area contributed by atoms with Crippen molar-refractivity contribution in [3.63, 3.8) is 0 Å². The minimum atomic E-state index is 0.343. The lowest BCUT2D eigenvalue weighted by Crippen LogP contribution is -2.19. The van der Waals surface area contributed by atoms with Crippen LogP contribution in [0.25, 0.3) is 10.9 Å². The van der Waals surface area contributed by atoms with Crippen molar-refractivity contribution in [3.8, 4) is 0 Å². The average Bonchev–Trinajstić information content (AvgIpc) is 2.86. The number of aromatic nitrogens is 2. The zero-order valence-corrected chi connectivity index (χ0v) is 11.0. The number of nitrogens with two attached hydrogens (primary N) is 1. The van der Waals surface area contributed by atoms with Gasteiger partial charge in [-0.05, 0) is 31.4 Å². The Morgan fingerprint density at radius 3 is 2.89 bits per heavy atom. The van der Waals surface area contributed by atoms with Gasteiger partial charge < -0.3 is 15.8 Å². The summed E-state index contributed by atoms with van der Waals surface area (Å²) in [4.78, 5) is 8.84. The number of para-hydroxylation sites is 1. The highest BCUT2D eigenvalue weighted by atomic mass is 16.5. The summed E-state index contributed by atoms with van der Waals surface area (Å²) in [7, 11) is 1.76. The van der Waals surface area contributed by atoms with Gasteiger partial charge >= 0.3 is 0 Å². The van der Waals surface area contributed by atoms with Gasteiger partial charge in [0.1, 0.15) is 5.82 Å². The molecule has 1 aromatic carbocycles. The lowest BCUT2D eigenvalue weighted by Gasteiger charge is -2.13. The molecule has 3 N–H and O–H groups in total. The van der Waals surface area contributed by atoms with E-state index in [1.165, 1.54) is 0 Å². The van der Waals surface area contributed by atoms with Crippen molar-refractivity contribution in [2.75, 3.05) is 18.2 Å². The molecule has 1 saturated carbocycles. The number of anilines is 2. The molecule has 2 aromatic rings. The molecule has 5 heteroatoms. The molecule has 3 rings (SSSR count). The van der Waals surface area contributed by atoms with Crippen molar-refractivity contribution >= 4 is 22.7 Å². The molecule has 0 saturated heterocycles. The first-order valence-electron chi connectivity index (χ1n) is 6.58. The van der Waals surface area contributed by atoms with Gasteiger partial charge in [-0.3, -0.25) is 0 Å². The highest BCUT2D eigenvalue weighted by molar-refractivity contribution is 5.88. The van der Waals surface area contributed by atoms with Crippen LogP contribution in [0.1, 0.15) is 19.3 Å². The fraction of sp³-hybridized carbons (Fsp3) is 0.429. The van der Waals surface area contributed by atoms with Gasteiger partial charge in [0.25, 0.3) is 0 Å². The number of fused-ring (bicyclic) bond motifs is 1. The number of benzene rings is 1. The Bertz CT molecular complexity index is 587. The van der Waals surface area contributed by atoms with Crippen LogP contribution in [0.5, 0.6) is 0 Å². The van der Waals surface area contributed by atoms with Gasteiger partial charge in [0.15, 0.2) is 0 Å². The van der Waals surface area contributed by atoms with Crippen LogP contribution in [0.15, 0.2) is 24.3 Å². The molecule has 0 radical (unpaired) electrons. The van der Waals surface area contributed by atoms with E-state index >= 15 is 0 Å². The second-order valence-electron chi connectivity index (χ2n) is 4.96. The van der Waals surface area contributed by atoms with E-state index in [4.69, 9.17) is 10.5 Å².